The van der Waals surface area contributed by atoms with Crippen molar-refractivity contribution in [3.05, 3.63) is 102 Å². The Labute approximate surface area is 161 Å². The van der Waals surface area contributed by atoms with Crippen LogP contribution in [-0.4, -0.2) is 0 Å². The normalized spacial score (nSPS) is 12.0. The van der Waals surface area contributed by atoms with Gasteiger partial charge in [0.1, 0.15) is 11.5 Å². The summed E-state index contributed by atoms with van der Waals surface area (Å²) in [7, 11) is 2.98. The molecule has 2 heteroatoms. The zero-order chi connectivity index (χ0) is 18.2. The number of rotatable bonds is 2. The minimum atomic E-state index is 0.888. The molecule has 130 valence electrons. The van der Waals surface area contributed by atoms with Gasteiger partial charge >= 0.3 is 0 Å². The highest BCUT2D eigenvalue weighted by Crippen LogP contribution is 2.42. The molecule has 0 aromatic heterocycles. The second-order valence-corrected chi connectivity index (χ2v) is 7.39. The van der Waals surface area contributed by atoms with Crippen molar-refractivity contribution in [3.63, 3.8) is 0 Å². The molecule has 0 spiro atoms. The minimum Gasteiger partial charge on any atom is -0.457 e. The van der Waals surface area contributed by atoms with E-state index in [0.717, 1.165) is 17.9 Å². The molecule has 0 amide bonds. The van der Waals surface area contributed by atoms with Crippen LogP contribution in [0.15, 0.2) is 91.0 Å². The van der Waals surface area contributed by atoms with Crippen LogP contribution in [-0.2, 0) is 6.42 Å². The van der Waals surface area contributed by atoms with E-state index in [-0.39, 0.29) is 0 Å². The average molecular weight is 366 g/mol. The highest BCUT2D eigenvalue weighted by Gasteiger charge is 2.23. The molecule has 4 aromatic rings. The first kappa shape index (κ1) is 16.3. The number of hydrogen-bond donors (Lipinski definition) is 0. The third kappa shape index (κ3) is 2.85. The first-order valence-corrected chi connectivity index (χ1v) is 9.71. The van der Waals surface area contributed by atoms with Crippen molar-refractivity contribution in [2.24, 2.45) is 0 Å². The summed E-state index contributed by atoms with van der Waals surface area (Å²) >= 11 is 0. The van der Waals surface area contributed by atoms with E-state index in [1.54, 1.807) is 0 Å². The summed E-state index contributed by atoms with van der Waals surface area (Å²) in [5, 5.41) is 1.21. The molecule has 1 atom stereocenters. The molecule has 0 fully saturated rings. The van der Waals surface area contributed by atoms with Crippen molar-refractivity contribution in [3.8, 4) is 33.8 Å². The van der Waals surface area contributed by atoms with E-state index in [0.29, 0.717) is 0 Å². The maximum atomic E-state index is 6.30. The molecule has 0 saturated carbocycles. The summed E-state index contributed by atoms with van der Waals surface area (Å²) in [6.45, 7) is 0. The van der Waals surface area contributed by atoms with Gasteiger partial charge in [0, 0.05) is 12.0 Å². The molecule has 0 N–H and O–H groups in total. The molecular weight excluding hydrogens is 347 g/mol. The number of ether oxygens (including phenoxy) is 1. The lowest BCUT2D eigenvalue weighted by Crippen LogP contribution is -2.14. The molecule has 1 aliphatic rings. The minimum absolute atomic E-state index is 0.888. The number of benzene rings is 4. The first-order chi connectivity index (χ1) is 13.3. The van der Waals surface area contributed by atoms with E-state index in [9.17, 15) is 0 Å². The fourth-order valence-electron chi connectivity index (χ4n) is 3.81. The predicted octanol–water partition coefficient (Wildman–Crippen LogP) is 6.22. The quantitative estimate of drug-likeness (QED) is 0.337. The fourth-order valence-corrected chi connectivity index (χ4v) is 4.38. The standard InChI is InChI=1S/C25H19OP/c27-25-21-15-19-13-7-8-14-22(19)26-23(21)16-20(17-9-3-1-4-10-17)24(25)18-11-5-2-6-12-18/h1-14,16H,15,27H2. The summed E-state index contributed by atoms with van der Waals surface area (Å²) in [5.41, 5.74) is 7.36. The van der Waals surface area contributed by atoms with Crippen LogP contribution < -0.4 is 10.0 Å². The second-order valence-electron chi connectivity index (χ2n) is 6.81. The maximum absolute atomic E-state index is 6.30. The van der Waals surface area contributed by atoms with Crippen molar-refractivity contribution in [1.29, 1.82) is 0 Å². The number of fused-ring (bicyclic) bond motifs is 2. The largest absolute Gasteiger partial charge is 0.457 e. The molecule has 1 aliphatic heterocycles. The Morgan fingerprint density at radius 3 is 2.04 bits per heavy atom. The number of para-hydroxylation sites is 1. The van der Waals surface area contributed by atoms with E-state index in [1.165, 1.54) is 38.7 Å². The SMILES string of the molecule is Pc1c2c(cc(-c3ccccc3)c1-c1ccccc1)Oc1ccccc1C2. The van der Waals surface area contributed by atoms with Gasteiger partial charge in [0.2, 0.25) is 0 Å². The Morgan fingerprint density at radius 2 is 1.30 bits per heavy atom. The predicted molar refractivity (Wildman–Crippen MR) is 116 cm³/mol. The van der Waals surface area contributed by atoms with Gasteiger partial charge in [0.15, 0.2) is 0 Å². The molecule has 1 nitrogen and oxygen atoms in total. The lowest BCUT2D eigenvalue weighted by Gasteiger charge is -2.25. The topological polar surface area (TPSA) is 9.23 Å². The van der Waals surface area contributed by atoms with E-state index in [2.05, 4.69) is 88.1 Å². The van der Waals surface area contributed by atoms with Gasteiger partial charge in [-0.15, -0.1) is 9.24 Å². The van der Waals surface area contributed by atoms with Gasteiger partial charge in [-0.3, -0.25) is 0 Å². The average Bonchev–Trinajstić information content (AvgIpc) is 2.74. The van der Waals surface area contributed by atoms with E-state index < -0.39 is 0 Å². The fraction of sp³-hybridized carbons (Fsp3) is 0.0400. The summed E-state index contributed by atoms with van der Waals surface area (Å²) in [5.74, 6) is 1.91. The third-order valence-electron chi connectivity index (χ3n) is 5.14. The van der Waals surface area contributed by atoms with Crippen molar-refractivity contribution < 1.29 is 4.74 Å². The molecule has 0 aliphatic carbocycles. The van der Waals surface area contributed by atoms with Crippen LogP contribution in [0.1, 0.15) is 11.1 Å². The Kier molecular flexibility index (Phi) is 4.03. The van der Waals surface area contributed by atoms with Crippen molar-refractivity contribution in [2.45, 2.75) is 6.42 Å². The van der Waals surface area contributed by atoms with Crippen LogP contribution in [0.25, 0.3) is 22.3 Å². The molecule has 5 rings (SSSR count). The highest BCUT2D eigenvalue weighted by atomic mass is 31.0. The Bertz CT molecular complexity index is 1120. The zero-order valence-corrected chi connectivity index (χ0v) is 16.0. The molecule has 4 aromatic carbocycles. The number of hydrogen-bond acceptors (Lipinski definition) is 1. The molecule has 1 unspecified atom stereocenters. The Balaban J connectivity index is 1.78. The van der Waals surface area contributed by atoms with Crippen molar-refractivity contribution >= 4 is 14.5 Å². The summed E-state index contributed by atoms with van der Waals surface area (Å²) in [4.78, 5) is 0. The van der Waals surface area contributed by atoms with E-state index >= 15 is 0 Å². The van der Waals surface area contributed by atoms with Crippen LogP contribution in [0.2, 0.25) is 0 Å². The van der Waals surface area contributed by atoms with Crippen LogP contribution in [0, 0.1) is 0 Å². The maximum Gasteiger partial charge on any atom is 0.132 e. The molecule has 0 saturated heterocycles. The molecular formula is C25H19OP. The van der Waals surface area contributed by atoms with Crippen LogP contribution in [0.4, 0.5) is 0 Å². The van der Waals surface area contributed by atoms with Crippen LogP contribution >= 0.6 is 9.24 Å². The van der Waals surface area contributed by atoms with Crippen LogP contribution in [0.5, 0.6) is 11.5 Å². The molecule has 27 heavy (non-hydrogen) atoms. The summed E-state index contributed by atoms with van der Waals surface area (Å²) < 4.78 is 6.30. The van der Waals surface area contributed by atoms with Crippen molar-refractivity contribution in [1.82, 2.24) is 0 Å². The van der Waals surface area contributed by atoms with Gasteiger partial charge in [-0.1, -0.05) is 78.9 Å². The Morgan fingerprint density at radius 1 is 0.667 bits per heavy atom. The van der Waals surface area contributed by atoms with Gasteiger partial charge in [-0.2, -0.15) is 0 Å². The monoisotopic (exact) mass is 366 g/mol. The molecule has 0 bridgehead atoms. The second kappa shape index (κ2) is 6.68. The van der Waals surface area contributed by atoms with Gasteiger partial charge < -0.3 is 4.74 Å². The van der Waals surface area contributed by atoms with E-state index in [1.807, 2.05) is 12.1 Å². The smallest absolute Gasteiger partial charge is 0.132 e. The third-order valence-corrected chi connectivity index (χ3v) is 5.78. The van der Waals surface area contributed by atoms with Gasteiger partial charge in [-0.25, -0.2) is 0 Å². The summed E-state index contributed by atoms with van der Waals surface area (Å²) in [6, 6.07) is 31.7. The highest BCUT2D eigenvalue weighted by molar-refractivity contribution is 7.28. The van der Waals surface area contributed by atoms with Gasteiger partial charge in [0.05, 0.1) is 0 Å². The van der Waals surface area contributed by atoms with E-state index in [4.69, 9.17) is 4.74 Å². The lowest BCUT2D eigenvalue weighted by atomic mass is 9.89. The zero-order valence-electron chi connectivity index (χ0n) is 14.9. The summed E-state index contributed by atoms with van der Waals surface area (Å²) in [6.07, 6.45) is 0.888. The van der Waals surface area contributed by atoms with Crippen LogP contribution in [0.3, 0.4) is 0 Å². The first-order valence-electron chi connectivity index (χ1n) is 9.13. The molecule has 0 radical (unpaired) electrons. The van der Waals surface area contributed by atoms with Crippen molar-refractivity contribution in [2.75, 3.05) is 0 Å². The Hall–Kier alpha value is -2.89. The lowest BCUT2D eigenvalue weighted by molar-refractivity contribution is 0.461. The van der Waals surface area contributed by atoms with Gasteiger partial charge in [0.25, 0.3) is 0 Å². The molecule has 1 heterocycles. The van der Waals surface area contributed by atoms with Gasteiger partial charge in [-0.05, 0) is 45.3 Å².